The van der Waals surface area contributed by atoms with Gasteiger partial charge in [-0.2, -0.15) is 0 Å². The van der Waals surface area contributed by atoms with Crippen LogP contribution < -0.4 is 10.2 Å². The van der Waals surface area contributed by atoms with Gasteiger partial charge in [-0.15, -0.1) is 0 Å². The summed E-state index contributed by atoms with van der Waals surface area (Å²) >= 11 is 0. The van der Waals surface area contributed by atoms with Crippen molar-refractivity contribution >= 4 is 23.6 Å². The number of nitrogens with one attached hydrogen (secondary N) is 1. The number of benzene rings is 1. The third kappa shape index (κ3) is 4.33. The van der Waals surface area contributed by atoms with Crippen LogP contribution in [-0.4, -0.2) is 47.5 Å². The Morgan fingerprint density at radius 2 is 1.77 bits per heavy atom. The van der Waals surface area contributed by atoms with Crippen LogP contribution in [0, 0.1) is 5.92 Å². The van der Waals surface area contributed by atoms with E-state index < -0.39 is 5.97 Å². The number of rotatable bonds is 4. The number of nitrogens with zero attached hydrogens (tertiary/aromatic N) is 2. The van der Waals surface area contributed by atoms with Gasteiger partial charge in [-0.25, -0.2) is 4.79 Å². The summed E-state index contributed by atoms with van der Waals surface area (Å²) in [6, 6.07) is 7.53. The van der Waals surface area contributed by atoms with Crippen LogP contribution in [0.15, 0.2) is 24.3 Å². The minimum absolute atomic E-state index is 0.163. The summed E-state index contributed by atoms with van der Waals surface area (Å²) in [5.74, 6) is -0.955. The molecule has 7 nitrogen and oxygen atoms in total. The van der Waals surface area contributed by atoms with Crippen molar-refractivity contribution in [3.8, 4) is 0 Å². The number of carboxylic acid groups (broad SMARTS) is 1. The van der Waals surface area contributed by atoms with Crippen molar-refractivity contribution in [2.75, 3.05) is 24.5 Å². The molecule has 7 heteroatoms. The molecule has 0 unspecified atom stereocenters. The molecular formula is C19H25N3O4. The summed E-state index contributed by atoms with van der Waals surface area (Å²) in [6.07, 6.45) is 3.60. The van der Waals surface area contributed by atoms with Crippen LogP contribution in [0.1, 0.15) is 37.7 Å². The number of hydrogen-bond donors (Lipinski definition) is 2. The molecule has 3 rings (SSSR count). The van der Waals surface area contributed by atoms with Gasteiger partial charge in [-0.05, 0) is 43.4 Å². The summed E-state index contributed by atoms with van der Waals surface area (Å²) in [6.45, 7) is 2.12. The monoisotopic (exact) mass is 359 g/mol. The van der Waals surface area contributed by atoms with E-state index in [1.165, 1.54) is 0 Å². The Kier molecular flexibility index (Phi) is 5.75. The molecule has 2 aliphatic heterocycles. The number of hydrogen-bond acceptors (Lipinski definition) is 3. The Hall–Kier alpha value is -2.57. The van der Waals surface area contributed by atoms with E-state index in [9.17, 15) is 14.4 Å². The maximum Gasteiger partial charge on any atom is 0.317 e. The van der Waals surface area contributed by atoms with Crippen LogP contribution in [0.5, 0.6) is 0 Å². The number of urea groups is 1. The van der Waals surface area contributed by atoms with E-state index in [-0.39, 0.29) is 17.9 Å². The second-order valence-corrected chi connectivity index (χ2v) is 6.93. The standard InChI is InChI=1S/C19H25N3O4/c23-17-3-1-2-10-22(17)16-6-4-14(5-7-16)13-20-19(26)21-11-8-15(9-12-21)18(24)25/h4-7,15H,1-3,8-13H2,(H,20,26)(H,24,25). The molecule has 0 radical (unpaired) electrons. The number of aliphatic carboxylic acids is 1. The Balaban J connectivity index is 1.48. The number of carboxylic acids is 1. The molecule has 0 atom stereocenters. The van der Waals surface area contributed by atoms with Crippen LogP contribution in [0.3, 0.4) is 0 Å². The van der Waals surface area contributed by atoms with E-state index in [4.69, 9.17) is 5.11 Å². The fourth-order valence-electron chi connectivity index (χ4n) is 3.49. The highest BCUT2D eigenvalue weighted by molar-refractivity contribution is 5.93. The van der Waals surface area contributed by atoms with Crippen molar-refractivity contribution in [1.29, 1.82) is 0 Å². The Labute approximate surface area is 153 Å². The predicted molar refractivity (Wildman–Crippen MR) is 96.8 cm³/mol. The number of carbonyl (C=O) groups is 3. The molecular weight excluding hydrogens is 334 g/mol. The van der Waals surface area contributed by atoms with Crippen molar-refractivity contribution in [2.45, 2.75) is 38.6 Å². The van der Waals surface area contributed by atoms with Gasteiger partial charge in [0.2, 0.25) is 5.91 Å². The van der Waals surface area contributed by atoms with Crippen molar-refractivity contribution in [3.63, 3.8) is 0 Å². The van der Waals surface area contributed by atoms with Gasteiger partial charge in [0.1, 0.15) is 0 Å². The Bertz CT molecular complexity index is 666. The molecule has 2 aliphatic rings. The Morgan fingerprint density at radius 1 is 1.08 bits per heavy atom. The lowest BCUT2D eigenvalue weighted by Crippen LogP contribution is -2.45. The quantitative estimate of drug-likeness (QED) is 0.862. The third-order valence-corrected chi connectivity index (χ3v) is 5.15. The molecule has 0 aromatic heterocycles. The Morgan fingerprint density at radius 3 is 2.38 bits per heavy atom. The van der Waals surface area contributed by atoms with Crippen molar-refractivity contribution in [2.24, 2.45) is 5.92 Å². The number of carbonyl (C=O) groups excluding carboxylic acids is 2. The first-order chi connectivity index (χ1) is 12.5. The van der Waals surface area contributed by atoms with E-state index >= 15 is 0 Å². The first-order valence-corrected chi connectivity index (χ1v) is 9.19. The van der Waals surface area contributed by atoms with Crippen LogP contribution >= 0.6 is 0 Å². The van der Waals surface area contributed by atoms with Crippen LogP contribution in [0.4, 0.5) is 10.5 Å². The van der Waals surface area contributed by atoms with E-state index in [2.05, 4.69) is 5.32 Å². The van der Waals surface area contributed by atoms with Crippen molar-refractivity contribution < 1.29 is 19.5 Å². The fourth-order valence-corrected chi connectivity index (χ4v) is 3.49. The van der Waals surface area contributed by atoms with E-state index in [0.29, 0.717) is 38.9 Å². The van der Waals surface area contributed by atoms with Gasteiger partial charge in [0.05, 0.1) is 5.92 Å². The smallest absolute Gasteiger partial charge is 0.317 e. The molecule has 2 fully saturated rings. The summed E-state index contributed by atoms with van der Waals surface area (Å²) < 4.78 is 0. The normalized spacial score (nSPS) is 18.7. The number of anilines is 1. The molecule has 3 amide bonds. The van der Waals surface area contributed by atoms with Crippen LogP contribution in [-0.2, 0) is 16.1 Å². The van der Waals surface area contributed by atoms with Gasteiger partial charge in [0, 0.05) is 38.3 Å². The zero-order valence-corrected chi connectivity index (χ0v) is 14.8. The second-order valence-electron chi connectivity index (χ2n) is 6.93. The molecule has 2 N–H and O–H groups in total. The summed E-state index contributed by atoms with van der Waals surface area (Å²) in [5.41, 5.74) is 1.87. The zero-order valence-electron chi connectivity index (χ0n) is 14.8. The molecule has 26 heavy (non-hydrogen) atoms. The van der Waals surface area contributed by atoms with Gasteiger partial charge in [0.15, 0.2) is 0 Å². The summed E-state index contributed by atoms with van der Waals surface area (Å²) in [5, 5.41) is 11.9. The summed E-state index contributed by atoms with van der Waals surface area (Å²) in [7, 11) is 0. The highest BCUT2D eigenvalue weighted by Gasteiger charge is 2.26. The first kappa shape index (κ1) is 18.2. The molecule has 0 saturated carbocycles. The zero-order chi connectivity index (χ0) is 18.5. The summed E-state index contributed by atoms with van der Waals surface area (Å²) in [4.78, 5) is 38.6. The molecule has 0 aliphatic carbocycles. The highest BCUT2D eigenvalue weighted by atomic mass is 16.4. The average Bonchev–Trinajstić information content (AvgIpc) is 2.67. The largest absolute Gasteiger partial charge is 0.481 e. The SMILES string of the molecule is O=C(O)C1CCN(C(=O)NCc2ccc(N3CCCCC3=O)cc2)CC1. The second kappa shape index (κ2) is 8.21. The molecule has 0 spiro atoms. The first-order valence-electron chi connectivity index (χ1n) is 9.19. The molecule has 1 aromatic carbocycles. The maximum absolute atomic E-state index is 12.2. The molecule has 2 heterocycles. The van der Waals surface area contributed by atoms with E-state index in [0.717, 1.165) is 30.6 Å². The minimum Gasteiger partial charge on any atom is -0.481 e. The van der Waals surface area contributed by atoms with Gasteiger partial charge in [-0.1, -0.05) is 12.1 Å². The molecule has 0 bridgehead atoms. The van der Waals surface area contributed by atoms with Crippen molar-refractivity contribution in [1.82, 2.24) is 10.2 Å². The predicted octanol–water partition coefficient (Wildman–Crippen LogP) is 2.21. The minimum atomic E-state index is -0.780. The molecule has 2 saturated heterocycles. The van der Waals surface area contributed by atoms with E-state index in [1.54, 1.807) is 4.90 Å². The van der Waals surface area contributed by atoms with Gasteiger partial charge >= 0.3 is 12.0 Å². The lowest BCUT2D eigenvalue weighted by molar-refractivity contribution is -0.143. The lowest BCUT2D eigenvalue weighted by atomic mass is 9.97. The fraction of sp³-hybridized carbons (Fsp3) is 0.526. The van der Waals surface area contributed by atoms with Crippen LogP contribution in [0.2, 0.25) is 0 Å². The van der Waals surface area contributed by atoms with Crippen LogP contribution in [0.25, 0.3) is 0 Å². The number of amides is 3. The van der Waals surface area contributed by atoms with Gasteiger partial charge in [-0.3, -0.25) is 9.59 Å². The average molecular weight is 359 g/mol. The third-order valence-electron chi connectivity index (χ3n) is 5.15. The lowest BCUT2D eigenvalue weighted by Gasteiger charge is -2.30. The number of piperidine rings is 2. The molecule has 1 aromatic rings. The van der Waals surface area contributed by atoms with Crippen molar-refractivity contribution in [3.05, 3.63) is 29.8 Å². The maximum atomic E-state index is 12.2. The molecule has 140 valence electrons. The van der Waals surface area contributed by atoms with Gasteiger partial charge < -0.3 is 20.2 Å². The van der Waals surface area contributed by atoms with Gasteiger partial charge in [0.25, 0.3) is 0 Å². The number of likely N-dealkylation sites (tertiary alicyclic amines) is 1. The topological polar surface area (TPSA) is 89.9 Å². The highest BCUT2D eigenvalue weighted by Crippen LogP contribution is 2.21. The van der Waals surface area contributed by atoms with E-state index in [1.807, 2.05) is 29.2 Å².